The van der Waals surface area contributed by atoms with Crippen LogP contribution in [0.2, 0.25) is 10.4 Å². The number of nitrogens with one attached hydrogen (secondary N) is 1. The van der Waals surface area contributed by atoms with E-state index in [-0.39, 0.29) is 22.2 Å². The van der Waals surface area contributed by atoms with Gasteiger partial charge in [-0.3, -0.25) is 4.79 Å². The third kappa shape index (κ3) is 2.63. The molecule has 6 nitrogen and oxygen atoms in total. The summed E-state index contributed by atoms with van der Waals surface area (Å²) in [6.07, 6.45) is 1.35. The predicted molar refractivity (Wildman–Crippen MR) is 59.9 cm³/mol. The van der Waals surface area contributed by atoms with Crippen LogP contribution in [0.3, 0.4) is 0 Å². The predicted octanol–water partition coefficient (Wildman–Crippen LogP) is 1.89. The zero-order valence-electron chi connectivity index (χ0n) is 7.52. The van der Waals surface area contributed by atoms with Gasteiger partial charge in [-0.1, -0.05) is 16.1 Å². The first kappa shape index (κ1) is 11.2. The van der Waals surface area contributed by atoms with Crippen molar-refractivity contribution in [1.29, 1.82) is 0 Å². The molecule has 0 unspecified atom stereocenters. The first-order valence-electron chi connectivity index (χ1n) is 3.94. The number of anilines is 1. The van der Waals surface area contributed by atoms with Crippen LogP contribution in [-0.2, 0) is 0 Å². The average Bonchev–Trinajstić information content (AvgIpc) is 2.68. The van der Waals surface area contributed by atoms with Crippen molar-refractivity contribution < 1.29 is 4.79 Å². The molecule has 1 amide bonds. The molecular formula is C7H3Cl2N5OS. The topological polar surface area (TPSA) is 80.7 Å². The Balaban J connectivity index is 2.18. The van der Waals surface area contributed by atoms with Crippen LogP contribution in [0.5, 0.6) is 0 Å². The molecule has 1 N–H and O–H groups in total. The van der Waals surface area contributed by atoms with E-state index in [4.69, 9.17) is 23.2 Å². The molecule has 0 aromatic carbocycles. The van der Waals surface area contributed by atoms with E-state index < -0.39 is 0 Å². The zero-order chi connectivity index (χ0) is 11.5. The van der Waals surface area contributed by atoms with E-state index in [9.17, 15) is 4.79 Å². The lowest BCUT2D eigenvalue weighted by molar-refractivity contribution is 0.103. The van der Waals surface area contributed by atoms with E-state index in [1.165, 1.54) is 12.3 Å². The number of hydrogen-bond acceptors (Lipinski definition) is 6. The molecule has 0 radical (unpaired) electrons. The van der Waals surface area contributed by atoms with Crippen molar-refractivity contribution >= 4 is 46.5 Å². The third-order valence-corrected chi connectivity index (χ3v) is 2.52. The number of aromatic nitrogens is 4. The van der Waals surface area contributed by atoms with E-state index in [0.29, 0.717) is 4.88 Å². The second kappa shape index (κ2) is 4.69. The summed E-state index contributed by atoms with van der Waals surface area (Å²) < 4.78 is 3.57. The number of hydrogen-bond donors (Lipinski definition) is 1. The van der Waals surface area contributed by atoms with Crippen molar-refractivity contribution in [2.75, 3.05) is 5.32 Å². The molecule has 0 aliphatic carbocycles. The van der Waals surface area contributed by atoms with Gasteiger partial charge in [0.25, 0.3) is 5.91 Å². The minimum Gasteiger partial charge on any atom is -0.306 e. The quantitative estimate of drug-likeness (QED) is 0.669. The maximum absolute atomic E-state index is 11.6. The molecule has 0 aliphatic rings. The van der Waals surface area contributed by atoms with Gasteiger partial charge in [-0.15, -0.1) is 5.10 Å². The van der Waals surface area contributed by atoms with Crippen molar-refractivity contribution in [2.24, 2.45) is 0 Å². The highest BCUT2D eigenvalue weighted by molar-refractivity contribution is 7.07. The Morgan fingerprint density at radius 1 is 1.38 bits per heavy atom. The number of carbonyl (C=O) groups excluding carboxylic acids is 1. The maximum Gasteiger partial charge on any atom is 0.270 e. The molecule has 0 saturated carbocycles. The molecule has 0 fully saturated rings. The Morgan fingerprint density at radius 3 is 2.81 bits per heavy atom. The summed E-state index contributed by atoms with van der Waals surface area (Å²) in [5.74, 6) is -0.149. The molecule has 2 aromatic rings. The highest BCUT2D eigenvalue weighted by Gasteiger charge is 2.10. The van der Waals surface area contributed by atoms with Gasteiger partial charge in [-0.05, 0) is 23.1 Å². The lowest BCUT2D eigenvalue weighted by atomic mass is 10.5. The Bertz CT molecular complexity index is 497. The summed E-state index contributed by atoms with van der Waals surface area (Å²) in [6.45, 7) is 0. The summed E-state index contributed by atoms with van der Waals surface area (Å²) in [5, 5.41) is 6.15. The number of rotatable bonds is 2. The van der Waals surface area contributed by atoms with Gasteiger partial charge in [0.2, 0.25) is 5.28 Å². The van der Waals surface area contributed by atoms with Crippen LogP contribution < -0.4 is 5.32 Å². The van der Waals surface area contributed by atoms with Crippen molar-refractivity contribution in [2.45, 2.75) is 0 Å². The second-order valence-corrected chi connectivity index (χ2v) is 4.09. The second-order valence-electron chi connectivity index (χ2n) is 2.58. The Morgan fingerprint density at radius 2 is 2.19 bits per heavy atom. The van der Waals surface area contributed by atoms with E-state index in [2.05, 4.69) is 24.9 Å². The fourth-order valence-electron chi connectivity index (χ4n) is 0.899. The van der Waals surface area contributed by atoms with E-state index >= 15 is 0 Å². The lowest BCUT2D eigenvalue weighted by Gasteiger charge is -2.02. The normalized spacial score (nSPS) is 10.1. The fourth-order valence-corrected chi connectivity index (χ4v) is 1.72. The molecular weight excluding hydrogens is 273 g/mol. The minimum atomic E-state index is -0.374. The standard InChI is InChI=1S/C7H3Cl2N5OS/c8-4-1-5(13-7(9)11-4)12-6(15)3-2-10-14-16-3/h1-2H,(H,11,12,13,15). The summed E-state index contributed by atoms with van der Waals surface area (Å²) in [4.78, 5) is 19.4. The summed E-state index contributed by atoms with van der Waals surface area (Å²) in [6, 6.07) is 1.39. The van der Waals surface area contributed by atoms with Crippen LogP contribution >= 0.6 is 34.7 Å². The number of halogens is 2. The van der Waals surface area contributed by atoms with E-state index in [1.54, 1.807) is 0 Å². The molecule has 2 aromatic heterocycles. The van der Waals surface area contributed by atoms with Gasteiger partial charge in [0.15, 0.2) is 0 Å². The number of amides is 1. The highest BCUT2D eigenvalue weighted by atomic mass is 35.5. The van der Waals surface area contributed by atoms with E-state index in [0.717, 1.165) is 11.5 Å². The summed E-state index contributed by atoms with van der Waals surface area (Å²) >= 11 is 12.2. The minimum absolute atomic E-state index is 0.0368. The zero-order valence-corrected chi connectivity index (χ0v) is 9.84. The maximum atomic E-state index is 11.6. The van der Waals surface area contributed by atoms with Gasteiger partial charge in [-0.2, -0.15) is 0 Å². The van der Waals surface area contributed by atoms with Crippen molar-refractivity contribution in [1.82, 2.24) is 19.6 Å². The van der Waals surface area contributed by atoms with Gasteiger partial charge in [-0.25, -0.2) is 9.97 Å². The largest absolute Gasteiger partial charge is 0.306 e. The van der Waals surface area contributed by atoms with Crippen molar-refractivity contribution in [3.8, 4) is 0 Å². The summed E-state index contributed by atoms with van der Waals surface area (Å²) in [5.41, 5.74) is 0. The van der Waals surface area contributed by atoms with Crippen LogP contribution in [0, 0.1) is 0 Å². The highest BCUT2D eigenvalue weighted by Crippen LogP contribution is 2.15. The molecule has 0 bridgehead atoms. The third-order valence-electron chi connectivity index (χ3n) is 1.49. The number of nitrogens with zero attached hydrogens (tertiary/aromatic N) is 4. The number of carbonyl (C=O) groups is 1. The molecule has 0 saturated heterocycles. The molecule has 2 heterocycles. The first-order valence-corrected chi connectivity index (χ1v) is 5.47. The first-order chi connectivity index (χ1) is 7.65. The van der Waals surface area contributed by atoms with Gasteiger partial charge in [0.1, 0.15) is 15.8 Å². The molecule has 82 valence electrons. The lowest BCUT2D eigenvalue weighted by Crippen LogP contribution is -2.11. The smallest absolute Gasteiger partial charge is 0.270 e. The van der Waals surface area contributed by atoms with Crippen LogP contribution in [0.15, 0.2) is 12.3 Å². The molecule has 0 atom stereocenters. The van der Waals surface area contributed by atoms with E-state index in [1.807, 2.05) is 0 Å². The van der Waals surface area contributed by atoms with Gasteiger partial charge >= 0.3 is 0 Å². The Labute approximate surface area is 104 Å². The SMILES string of the molecule is O=C(Nc1cc(Cl)nc(Cl)n1)c1cnns1. The summed E-state index contributed by atoms with van der Waals surface area (Å²) in [7, 11) is 0. The van der Waals surface area contributed by atoms with Gasteiger partial charge in [0, 0.05) is 6.07 Å². The Kier molecular flexibility index (Phi) is 3.28. The molecule has 2 rings (SSSR count). The van der Waals surface area contributed by atoms with Crippen molar-refractivity contribution in [3.05, 3.63) is 27.6 Å². The molecule has 0 spiro atoms. The van der Waals surface area contributed by atoms with Gasteiger partial charge < -0.3 is 5.32 Å². The van der Waals surface area contributed by atoms with Crippen LogP contribution in [0.1, 0.15) is 9.67 Å². The molecule has 16 heavy (non-hydrogen) atoms. The fraction of sp³-hybridized carbons (Fsp3) is 0. The van der Waals surface area contributed by atoms with Crippen LogP contribution in [0.4, 0.5) is 5.82 Å². The Hall–Kier alpha value is -1.31. The average molecular weight is 276 g/mol. The monoisotopic (exact) mass is 275 g/mol. The molecule has 0 aliphatic heterocycles. The molecule has 9 heteroatoms. The van der Waals surface area contributed by atoms with Crippen LogP contribution in [-0.4, -0.2) is 25.5 Å². The van der Waals surface area contributed by atoms with Crippen molar-refractivity contribution in [3.63, 3.8) is 0 Å². The van der Waals surface area contributed by atoms with Crippen LogP contribution in [0.25, 0.3) is 0 Å². The van der Waals surface area contributed by atoms with Gasteiger partial charge in [0.05, 0.1) is 6.20 Å².